The zero-order valence-electron chi connectivity index (χ0n) is 15.7. The molecular formula is C20H22N6O2. The number of nitrogens with zero attached hydrogens (tertiary/aromatic N) is 4. The predicted octanol–water partition coefficient (Wildman–Crippen LogP) is 2.62. The number of aromatic nitrogens is 5. The van der Waals surface area contributed by atoms with Gasteiger partial charge in [0.1, 0.15) is 0 Å². The molecule has 0 spiro atoms. The van der Waals surface area contributed by atoms with Gasteiger partial charge in [0, 0.05) is 31.6 Å². The highest BCUT2D eigenvalue weighted by Crippen LogP contribution is 2.22. The van der Waals surface area contributed by atoms with Crippen molar-refractivity contribution in [2.45, 2.75) is 19.3 Å². The van der Waals surface area contributed by atoms with Crippen molar-refractivity contribution in [3.8, 4) is 0 Å². The number of ether oxygens (including phenoxy) is 1. The molecule has 1 fully saturated rings. The summed E-state index contributed by atoms with van der Waals surface area (Å²) < 4.78 is 8.97. The van der Waals surface area contributed by atoms with Crippen LogP contribution < -0.4 is 11.0 Å². The summed E-state index contributed by atoms with van der Waals surface area (Å²) in [6.45, 7) is 1.68. The van der Waals surface area contributed by atoms with E-state index in [0.29, 0.717) is 11.9 Å². The molecule has 4 heterocycles. The van der Waals surface area contributed by atoms with Crippen LogP contribution in [0.5, 0.6) is 0 Å². The van der Waals surface area contributed by atoms with Crippen LogP contribution in [-0.4, -0.2) is 37.4 Å². The number of H-pyrrole nitrogens is 1. The van der Waals surface area contributed by atoms with E-state index >= 15 is 0 Å². The summed E-state index contributed by atoms with van der Waals surface area (Å²) in [6, 6.07) is 11.8. The molecule has 0 radical (unpaired) electrons. The Morgan fingerprint density at radius 3 is 2.96 bits per heavy atom. The summed E-state index contributed by atoms with van der Waals surface area (Å²) in [5, 5.41) is 7.91. The van der Waals surface area contributed by atoms with Crippen LogP contribution in [-0.2, 0) is 18.2 Å². The van der Waals surface area contributed by atoms with Gasteiger partial charge in [0.2, 0.25) is 5.95 Å². The molecule has 8 nitrogen and oxygen atoms in total. The Bertz CT molecular complexity index is 1200. The molecule has 1 aromatic carbocycles. The third-order valence-corrected chi connectivity index (χ3v) is 5.44. The molecule has 4 aromatic rings. The molecule has 0 atom stereocenters. The number of aryl methyl sites for hydroxylation is 1. The summed E-state index contributed by atoms with van der Waals surface area (Å²) >= 11 is 0. The van der Waals surface area contributed by atoms with Crippen molar-refractivity contribution in [1.29, 1.82) is 0 Å². The first-order valence-corrected chi connectivity index (χ1v) is 9.55. The fraction of sp³-hybridized carbons (Fsp3) is 0.350. The number of fused-ring (bicyclic) bond motifs is 2. The minimum absolute atomic E-state index is 0.129. The lowest BCUT2D eigenvalue weighted by atomic mass is 9.95. The standard InChI is InChI=1S/C20H22N6O2/c1-25-17-6-5-14(12-16(17)22-20(25)27)21-19-23-18-4-2-3-15(26(18)24-19)11-13-7-9-28-10-8-13/h2-6,12-13H,7-11H2,1H3,(H,21,24)(H,22,27). The Morgan fingerprint density at radius 1 is 1.25 bits per heavy atom. The fourth-order valence-corrected chi connectivity index (χ4v) is 3.86. The van der Waals surface area contributed by atoms with Gasteiger partial charge < -0.3 is 15.0 Å². The molecule has 0 unspecified atom stereocenters. The third-order valence-electron chi connectivity index (χ3n) is 5.44. The van der Waals surface area contributed by atoms with Crippen LogP contribution in [0.25, 0.3) is 16.7 Å². The number of aromatic amines is 1. The van der Waals surface area contributed by atoms with Crippen LogP contribution in [0.15, 0.2) is 41.2 Å². The molecule has 5 rings (SSSR count). The van der Waals surface area contributed by atoms with Gasteiger partial charge in [0.25, 0.3) is 0 Å². The van der Waals surface area contributed by atoms with E-state index in [-0.39, 0.29) is 5.69 Å². The maximum atomic E-state index is 11.8. The molecular weight excluding hydrogens is 356 g/mol. The largest absolute Gasteiger partial charge is 0.381 e. The van der Waals surface area contributed by atoms with E-state index < -0.39 is 0 Å². The van der Waals surface area contributed by atoms with E-state index in [4.69, 9.17) is 4.74 Å². The lowest BCUT2D eigenvalue weighted by Crippen LogP contribution is -2.18. The molecule has 0 amide bonds. The molecule has 144 valence electrons. The van der Waals surface area contributed by atoms with E-state index in [1.165, 1.54) is 0 Å². The van der Waals surface area contributed by atoms with Gasteiger partial charge in [-0.05, 0) is 55.5 Å². The Morgan fingerprint density at radius 2 is 2.11 bits per heavy atom. The van der Waals surface area contributed by atoms with Crippen molar-refractivity contribution in [1.82, 2.24) is 24.1 Å². The fourth-order valence-electron chi connectivity index (χ4n) is 3.86. The topological polar surface area (TPSA) is 89.2 Å². The summed E-state index contributed by atoms with van der Waals surface area (Å²) in [4.78, 5) is 19.2. The molecule has 3 aromatic heterocycles. The van der Waals surface area contributed by atoms with Crippen molar-refractivity contribution < 1.29 is 4.74 Å². The summed E-state index contributed by atoms with van der Waals surface area (Å²) in [5.74, 6) is 1.16. The van der Waals surface area contributed by atoms with Crippen molar-refractivity contribution >= 4 is 28.3 Å². The van der Waals surface area contributed by atoms with E-state index in [1.807, 2.05) is 34.8 Å². The molecule has 8 heteroatoms. The maximum Gasteiger partial charge on any atom is 0.326 e. The van der Waals surface area contributed by atoms with E-state index in [1.54, 1.807) is 11.6 Å². The normalized spacial score (nSPS) is 15.5. The predicted molar refractivity (Wildman–Crippen MR) is 107 cm³/mol. The van der Waals surface area contributed by atoms with Gasteiger partial charge in [-0.15, -0.1) is 5.10 Å². The zero-order valence-corrected chi connectivity index (χ0v) is 15.7. The van der Waals surface area contributed by atoms with Gasteiger partial charge in [-0.2, -0.15) is 4.98 Å². The number of benzene rings is 1. The molecule has 1 aliphatic heterocycles. The van der Waals surface area contributed by atoms with Crippen LogP contribution in [0.4, 0.5) is 11.6 Å². The van der Waals surface area contributed by atoms with Gasteiger partial charge >= 0.3 is 5.69 Å². The highest BCUT2D eigenvalue weighted by molar-refractivity contribution is 5.80. The average molecular weight is 378 g/mol. The minimum Gasteiger partial charge on any atom is -0.381 e. The first kappa shape index (κ1) is 17.0. The average Bonchev–Trinajstić information content (AvgIpc) is 3.23. The molecule has 0 saturated carbocycles. The third kappa shape index (κ3) is 3.05. The quantitative estimate of drug-likeness (QED) is 0.570. The SMILES string of the molecule is Cn1c(=O)[nH]c2cc(Nc3nc4cccc(CC5CCOCC5)n4n3)ccc21. The Labute approximate surface area is 161 Å². The monoisotopic (exact) mass is 378 g/mol. The summed E-state index contributed by atoms with van der Waals surface area (Å²) in [7, 11) is 1.75. The second-order valence-corrected chi connectivity index (χ2v) is 7.33. The highest BCUT2D eigenvalue weighted by atomic mass is 16.5. The highest BCUT2D eigenvalue weighted by Gasteiger charge is 2.17. The van der Waals surface area contributed by atoms with Gasteiger partial charge in [0.15, 0.2) is 5.65 Å². The molecule has 0 aliphatic carbocycles. The molecule has 1 saturated heterocycles. The van der Waals surface area contributed by atoms with Crippen LogP contribution in [0.1, 0.15) is 18.5 Å². The van der Waals surface area contributed by atoms with Crippen molar-refractivity contribution in [3.05, 3.63) is 52.6 Å². The molecule has 0 bridgehead atoms. The number of imidazole rings is 1. The lowest BCUT2D eigenvalue weighted by molar-refractivity contribution is 0.0661. The first-order chi connectivity index (χ1) is 13.7. The van der Waals surface area contributed by atoms with E-state index in [0.717, 1.165) is 60.5 Å². The van der Waals surface area contributed by atoms with Gasteiger partial charge in [-0.3, -0.25) is 4.57 Å². The maximum absolute atomic E-state index is 11.8. The van der Waals surface area contributed by atoms with Crippen LogP contribution in [0.2, 0.25) is 0 Å². The lowest BCUT2D eigenvalue weighted by Gasteiger charge is -2.21. The number of hydrogen-bond donors (Lipinski definition) is 2. The summed E-state index contributed by atoms with van der Waals surface area (Å²) in [6.07, 6.45) is 3.15. The first-order valence-electron chi connectivity index (χ1n) is 9.55. The second kappa shape index (κ2) is 6.79. The smallest absolute Gasteiger partial charge is 0.326 e. The molecule has 28 heavy (non-hydrogen) atoms. The number of pyridine rings is 1. The number of rotatable bonds is 4. The van der Waals surface area contributed by atoms with Gasteiger partial charge in [-0.1, -0.05) is 6.07 Å². The Kier molecular flexibility index (Phi) is 4.12. The Hall–Kier alpha value is -3.13. The van der Waals surface area contributed by atoms with Crippen molar-refractivity contribution in [2.75, 3.05) is 18.5 Å². The minimum atomic E-state index is -0.129. The van der Waals surface area contributed by atoms with Crippen LogP contribution >= 0.6 is 0 Å². The molecule has 1 aliphatic rings. The van der Waals surface area contributed by atoms with Crippen molar-refractivity contribution in [3.63, 3.8) is 0 Å². The van der Waals surface area contributed by atoms with Crippen LogP contribution in [0, 0.1) is 5.92 Å². The van der Waals surface area contributed by atoms with Crippen molar-refractivity contribution in [2.24, 2.45) is 13.0 Å². The zero-order chi connectivity index (χ0) is 19.1. The summed E-state index contributed by atoms with van der Waals surface area (Å²) in [5.41, 5.74) is 4.32. The second-order valence-electron chi connectivity index (χ2n) is 7.33. The van der Waals surface area contributed by atoms with Gasteiger partial charge in [-0.25, -0.2) is 9.31 Å². The van der Waals surface area contributed by atoms with Gasteiger partial charge in [0.05, 0.1) is 11.0 Å². The molecule has 2 N–H and O–H groups in total. The number of anilines is 2. The number of hydrogen-bond acceptors (Lipinski definition) is 5. The van der Waals surface area contributed by atoms with E-state index in [2.05, 4.69) is 26.4 Å². The number of nitrogens with one attached hydrogen (secondary N) is 2. The van der Waals surface area contributed by atoms with E-state index in [9.17, 15) is 4.79 Å². The van der Waals surface area contributed by atoms with Crippen LogP contribution in [0.3, 0.4) is 0 Å². The Balaban J connectivity index is 1.43.